The maximum absolute atomic E-state index is 8.83. The zero-order chi connectivity index (χ0) is 13.9. The molecule has 0 saturated heterocycles. The van der Waals surface area contributed by atoms with Crippen LogP contribution < -0.4 is 10.5 Å². The first-order valence-corrected chi connectivity index (χ1v) is 6.09. The van der Waals surface area contributed by atoms with E-state index in [1.165, 1.54) is 0 Å². The van der Waals surface area contributed by atoms with Crippen molar-refractivity contribution in [3.63, 3.8) is 0 Å². The highest BCUT2D eigenvalue weighted by atomic mass is 16.5. The van der Waals surface area contributed by atoms with E-state index in [9.17, 15) is 0 Å². The van der Waals surface area contributed by atoms with Crippen molar-refractivity contribution < 1.29 is 4.74 Å². The van der Waals surface area contributed by atoms with Crippen molar-refractivity contribution in [1.29, 1.82) is 5.26 Å². The number of nitrogens with two attached hydrogens (primary N) is 1. The maximum Gasteiger partial charge on any atom is 0.153 e. The second-order valence-corrected chi connectivity index (χ2v) is 4.30. The number of para-hydroxylation sites is 1. The summed E-state index contributed by atoms with van der Waals surface area (Å²) in [6.45, 7) is 0. The van der Waals surface area contributed by atoms with Crippen molar-refractivity contribution in [3.8, 4) is 17.6 Å². The van der Waals surface area contributed by atoms with Gasteiger partial charge < -0.3 is 10.5 Å². The second-order valence-electron chi connectivity index (χ2n) is 4.30. The third-order valence-electron chi connectivity index (χ3n) is 2.95. The van der Waals surface area contributed by atoms with E-state index in [2.05, 4.69) is 4.98 Å². The molecular formula is C16H11N3O. The first-order chi connectivity index (χ1) is 9.78. The number of fused-ring (bicyclic) bond motifs is 1. The number of nitrogen functional groups attached to an aromatic ring is 1. The van der Waals surface area contributed by atoms with E-state index in [1.807, 2.05) is 36.4 Å². The molecule has 2 N–H and O–H groups in total. The van der Waals surface area contributed by atoms with E-state index in [0.29, 0.717) is 22.7 Å². The summed E-state index contributed by atoms with van der Waals surface area (Å²) < 4.78 is 5.82. The average molecular weight is 261 g/mol. The molecule has 0 aliphatic carbocycles. The lowest BCUT2D eigenvalue weighted by Crippen LogP contribution is -1.94. The van der Waals surface area contributed by atoms with Crippen molar-refractivity contribution >= 4 is 16.6 Å². The number of aromatic nitrogens is 1. The molecule has 0 fully saturated rings. The van der Waals surface area contributed by atoms with Gasteiger partial charge in [0.25, 0.3) is 0 Å². The van der Waals surface area contributed by atoms with Crippen molar-refractivity contribution in [1.82, 2.24) is 4.98 Å². The third kappa shape index (κ3) is 2.13. The number of hydrogen-bond acceptors (Lipinski definition) is 4. The Hall–Kier alpha value is -3.06. The van der Waals surface area contributed by atoms with Crippen molar-refractivity contribution in [2.75, 3.05) is 5.73 Å². The number of nitriles is 1. The highest BCUT2D eigenvalue weighted by Gasteiger charge is 2.07. The Morgan fingerprint density at radius 1 is 1.05 bits per heavy atom. The van der Waals surface area contributed by atoms with Crippen molar-refractivity contribution in [3.05, 3.63) is 60.3 Å². The minimum atomic E-state index is 0.428. The van der Waals surface area contributed by atoms with Gasteiger partial charge in [0.2, 0.25) is 0 Å². The normalized spacial score (nSPS) is 10.2. The predicted octanol–water partition coefficient (Wildman–Crippen LogP) is 3.48. The summed E-state index contributed by atoms with van der Waals surface area (Å²) in [5.41, 5.74) is 7.60. The summed E-state index contributed by atoms with van der Waals surface area (Å²) in [5.74, 6) is 1.15. The smallest absolute Gasteiger partial charge is 0.153 e. The lowest BCUT2D eigenvalue weighted by Gasteiger charge is -2.10. The summed E-state index contributed by atoms with van der Waals surface area (Å²) >= 11 is 0. The Morgan fingerprint density at radius 3 is 2.70 bits per heavy atom. The van der Waals surface area contributed by atoms with Gasteiger partial charge in [-0.2, -0.15) is 5.26 Å². The predicted molar refractivity (Wildman–Crippen MR) is 77.4 cm³/mol. The molecule has 4 nitrogen and oxygen atoms in total. The molecule has 4 heteroatoms. The number of hydrogen-bond donors (Lipinski definition) is 1. The third-order valence-corrected chi connectivity index (χ3v) is 2.95. The van der Waals surface area contributed by atoms with E-state index in [-0.39, 0.29) is 0 Å². The van der Waals surface area contributed by atoms with Gasteiger partial charge in [-0.15, -0.1) is 0 Å². The van der Waals surface area contributed by atoms with Gasteiger partial charge >= 0.3 is 0 Å². The Balaban J connectivity index is 2.04. The molecule has 0 aliphatic rings. The molecule has 0 bridgehead atoms. The first kappa shape index (κ1) is 12.0. The van der Waals surface area contributed by atoms with Crippen molar-refractivity contribution in [2.45, 2.75) is 0 Å². The van der Waals surface area contributed by atoms with Gasteiger partial charge in [0, 0.05) is 11.6 Å². The number of nitrogens with zero attached hydrogens (tertiary/aromatic N) is 2. The molecule has 1 heterocycles. The van der Waals surface area contributed by atoms with E-state index in [1.54, 1.807) is 24.4 Å². The minimum Gasteiger partial charge on any atom is -0.453 e. The van der Waals surface area contributed by atoms with Crippen LogP contribution in [0, 0.1) is 11.3 Å². The quantitative estimate of drug-likeness (QED) is 0.717. The molecule has 3 aromatic rings. The van der Waals surface area contributed by atoms with Gasteiger partial charge in [0.1, 0.15) is 5.52 Å². The summed E-state index contributed by atoms with van der Waals surface area (Å²) in [6, 6.07) is 16.6. The Labute approximate surface area is 116 Å². The van der Waals surface area contributed by atoms with Gasteiger partial charge in [-0.3, -0.25) is 4.98 Å². The minimum absolute atomic E-state index is 0.428. The molecule has 0 amide bonds. The van der Waals surface area contributed by atoms with Gasteiger partial charge in [-0.05, 0) is 30.3 Å². The molecule has 96 valence electrons. The largest absolute Gasteiger partial charge is 0.453 e. The van der Waals surface area contributed by atoms with Crippen LogP contribution in [0.1, 0.15) is 5.56 Å². The zero-order valence-electron chi connectivity index (χ0n) is 10.6. The number of benzene rings is 2. The van der Waals surface area contributed by atoms with Crippen LogP contribution in [-0.4, -0.2) is 4.98 Å². The lowest BCUT2D eigenvalue weighted by molar-refractivity contribution is 0.489. The van der Waals surface area contributed by atoms with Crippen molar-refractivity contribution in [2.24, 2.45) is 0 Å². The van der Waals surface area contributed by atoms with Crippen LogP contribution in [0.2, 0.25) is 0 Å². The fourth-order valence-corrected chi connectivity index (χ4v) is 1.99. The first-order valence-electron chi connectivity index (χ1n) is 6.09. The molecule has 0 atom stereocenters. The van der Waals surface area contributed by atoms with E-state index < -0.39 is 0 Å². The van der Waals surface area contributed by atoms with Crippen LogP contribution in [0.3, 0.4) is 0 Å². The number of anilines is 1. The highest BCUT2D eigenvalue weighted by molar-refractivity contribution is 5.84. The SMILES string of the molecule is N#Cc1ccc(Oc2cccc3cccnc23)c(N)c1. The average Bonchev–Trinajstić information content (AvgIpc) is 2.49. The molecule has 0 saturated carbocycles. The second kappa shape index (κ2) is 4.90. The number of pyridine rings is 1. The topological polar surface area (TPSA) is 71.9 Å². The summed E-state index contributed by atoms with van der Waals surface area (Å²) in [4.78, 5) is 4.32. The zero-order valence-corrected chi connectivity index (χ0v) is 10.6. The summed E-state index contributed by atoms with van der Waals surface area (Å²) in [7, 11) is 0. The molecular weight excluding hydrogens is 250 g/mol. The highest BCUT2D eigenvalue weighted by Crippen LogP contribution is 2.31. The maximum atomic E-state index is 8.83. The standard InChI is InChI=1S/C16H11N3O/c17-10-11-6-7-14(13(18)9-11)20-15-5-1-3-12-4-2-8-19-16(12)15/h1-9H,18H2. The molecule has 20 heavy (non-hydrogen) atoms. The van der Waals surface area contributed by atoms with Crippen LogP contribution in [0.5, 0.6) is 11.5 Å². The van der Waals surface area contributed by atoms with E-state index in [0.717, 1.165) is 10.9 Å². The molecule has 0 unspecified atom stereocenters. The van der Waals surface area contributed by atoms with Gasteiger partial charge in [-0.1, -0.05) is 18.2 Å². The van der Waals surface area contributed by atoms with Crippen LogP contribution >= 0.6 is 0 Å². The summed E-state index contributed by atoms with van der Waals surface area (Å²) in [6.07, 6.45) is 1.72. The van der Waals surface area contributed by atoms with Gasteiger partial charge in [0.15, 0.2) is 11.5 Å². The molecule has 0 aliphatic heterocycles. The Bertz CT molecular complexity index is 816. The molecule has 0 spiro atoms. The number of rotatable bonds is 2. The van der Waals surface area contributed by atoms with E-state index in [4.69, 9.17) is 15.7 Å². The molecule has 3 rings (SSSR count). The van der Waals surface area contributed by atoms with Crippen LogP contribution in [-0.2, 0) is 0 Å². The lowest BCUT2D eigenvalue weighted by atomic mass is 10.2. The number of ether oxygens (including phenoxy) is 1. The Morgan fingerprint density at radius 2 is 1.90 bits per heavy atom. The van der Waals surface area contributed by atoms with Crippen LogP contribution in [0.4, 0.5) is 5.69 Å². The van der Waals surface area contributed by atoms with Gasteiger partial charge in [0.05, 0.1) is 17.3 Å². The molecule has 0 radical (unpaired) electrons. The monoisotopic (exact) mass is 261 g/mol. The van der Waals surface area contributed by atoms with Crippen LogP contribution in [0.15, 0.2) is 54.7 Å². The fourth-order valence-electron chi connectivity index (χ4n) is 1.99. The molecule has 1 aromatic heterocycles. The summed E-state index contributed by atoms with van der Waals surface area (Å²) in [5, 5.41) is 9.83. The Kier molecular flexibility index (Phi) is 2.94. The molecule has 2 aromatic carbocycles. The van der Waals surface area contributed by atoms with Crippen LogP contribution in [0.25, 0.3) is 10.9 Å². The van der Waals surface area contributed by atoms with Gasteiger partial charge in [-0.25, -0.2) is 0 Å². The van der Waals surface area contributed by atoms with E-state index >= 15 is 0 Å². The fraction of sp³-hybridized carbons (Fsp3) is 0.